The number of thiazole rings is 1. The average molecular weight is 414 g/mol. The molecule has 5 rings (SSSR count). The van der Waals surface area contributed by atoms with Crippen LogP contribution in [0.5, 0.6) is 0 Å². The van der Waals surface area contributed by atoms with Gasteiger partial charge >= 0.3 is 0 Å². The van der Waals surface area contributed by atoms with Crippen LogP contribution in [0.1, 0.15) is 17.6 Å². The summed E-state index contributed by atoms with van der Waals surface area (Å²) >= 11 is 1.56. The molecule has 4 heterocycles. The van der Waals surface area contributed by atoms with Crippen LogP contribution in [0.15, 0.2) is 77.0 Å². The van der Waals surface area contributed by atoms with Gasteiger partial charge in [-0.2, -0.15) is 10.2 Å². The third kappa shape index (κ3) is 3.33. The molecule has 0 atom stereocenters. The fourth-order valence-electron chi connectivity index (χ4n) is 3.46. The molecular formula is C23H19N5OS. The molecule has 0 aliphatic rings. The Morgan fingerprint density at radius 2 is 1.80 bits per heavy atom. The first kappa shape index (κ1) is 18.4. The second-order valence-corrected chi connectivity index (χ2v) is 7.86. The van der Waals surface area contributed by atoms with E-state index in [9.17, 15) is 4.79 Å². The normalized spacial score (nSPS) is 11.2. The van der Waals surface area contributed by atoms with Crippen LogP contribution in [0, 0.1) is 0 Å². The lowest BCUT2D eigenvalue weighted by Crippen LogP contribution is -2.22. The topological polar surface area (TPSA) is 65.1 Å². The molecular weight excluding hydrogens is 394 g/mol. The number of fused-ring (bicyclic) bond motifs is 1. The van der Waals surface area contributed by atoms with Gasteiger partial charge in [-0.3, -0.25) is 4.79 Å². The van der Waals surface area contributed by atoms with Crippen LogP contribution < -0.4 is 5.56 Å². The number of rotatable bonds is 5. The molecule has 0 unspecified atom stereocenters. The van der Waals surface area contributed by atoms with Crippen LogP contribution in [-0.2, 0) is 13.0 Å². The Balaban J connectivity index is 1.66. The Hall–Kier alpha value is -3.58. The third-order valence-corrected chi connectivity index (χ3v) is 5.84. The van der Waals surface area contributed by atoms with E-state index in [1.165, 1.54) is 4.68 Å². The van der Waals surface area contributed by atoms with Crippen LogP contribution in [0.4, 0.5) is 0 Å². The van der Waals surface area contributed by atoms with Crippen molar-refractivity contribution in [3.8, 4) is 22.5 Å². The van der Waals surface area contributed by atoms with Crippen LogP contribution in [0.25, 0.3) is 28.0 Å². The fourth-order valence-corrected chi connectivity index (χ4v) is 4.32. The Bertz CT molecular complexity index is 1380. The molecule has 5 aromatic rings. The maximum atomic E-state index is 12.5. The molecule has 6 nitrogen and oxygen atoms in total. The van der Waals surface area contributed by atoms with E-state index in [1.807, 2.05) is 64.6 Å². The van der Waals surface area contributed by atoms with E-state index >= 15 is 0 Å². The average Bonchev–Trinajstić information content (AvgIpc) is 3.40. The molecule has 0 fully saturated rings. The maximum absolute atomic E-state index is 12.5. The van der Waals surface area contributed by atoms with Gasteiger partial charge in [0.15, 0.2) is 0 Å². The third-order valence-electron chi connectivity index (χ3n) is 4.96. The number of hydrogen-bond acceptors (Lipinski definition) is 5. The van der Waals surface area contributed by atoms with Crippen LogP contribution in [0.3, 0.4) is 0 Å². The van der Waals surface area contributed by atoms with E-state index in [1.54, 1.807) is 23.5 Å². The summed E-state index contributed by atoms with van der Waals surface area (Å²) in [4.78, 5) is 17.1. The Labute approximate surface area is 177 Å². The predicted molar refractivity (Wildman–Crippen MR) is 119 cm³/mol. The Kier molecular flexibility index (Phi) is 4.72. The van der Waals surface area contributed by atoms with Crippen molar-refractivity contribution < 1.29 is 0 Å². The van der Waals surface area contributed by atoms with Gasteiger partial charge in [-0.1, -0.05) is 43.3 Å². The first-order valence-corrected chi connectivity index (χ1v) is 10.7. The van der Waals surface area contributed by atoms with Crippen molar-refractivity contribution in [2.45, 2.75) is 19.9 Å². The van der Waals surface area contributed by atoms with Crippen molar-refractivity contribution in [2.24, 2.45) is 0 Å². The lowest BCUT2D eigenvalue weighted by atomic mass is 10.0. The van der Waals surface area contributed by atoms with Gasteiger partial charge in [0.2, 0.25) is 0 Å². The number of hydrogen-bond donors (Lipinski definition) is 0. The molecule has 1 aromatic carbocycles. The van der Waals surface area contributed by atoms with Gasteiger partial charge in [0.25, 0.3) is 5.56 Å². The summed E-state index contributed by atoms with van der Waals surface area (Å²) in [5, 5.41) is 12.4. The highest BCUT2D eigenvalue weighted by atomic mass is 32.1. The van der Waals surface area contributed by atoms with Gasteiger partial charge in [0.05, 0.1) is 29.0 Å². The highest BCUT2D eigenvalue weighted by Crippen LogP contribution is 2.33. The summed E-state index contributed by atoms with van der Waals surface area (Å²) < 4.78 is 3.33. The number of nitrogens with zero attached hydrogens (tertiary/aromatic N) is 5. The first-order chi connectivity index (χ1) is 14.7. The Morgan fingerprint density at radius 1 is 0.967 bits per heavy atom. The van der Waals surface area contributed by atoms with E-state index in [0.717, 1.165) is 39.5 Å². The molecule has 4 aromatic heterocycles. The molecule has 0 amide bonds. The van der Waals surface area contributed by atoms with E-state index in [2.05, 4.69) is 11.9 Å². The highest BCUT2D eigenvalue weighted by Gasteiger charge is 2.18. The largest absolute Gasteiger partial charge is 0.268 e. The van der Waals surface area contributed by atoms with Gasteiger partial charge < -0.3 is 0 Å². The molecule has 0 bridgehead atoms. The van der Waals surface area contributed by atoms with Crippen LogP contribution >= 0.6 is 11.3 Å². The molecule has 0 radical (unpaired) electrons. The van der Waals surface area contributed by atoms with Crippen LogP contribution in [0.2, 0.25) is 0 Å². The van der Waals surface area contributed by atoms with Gasteiger partial charge in [-0.15, -0.1) is 11.3 Å². The minimum Gasteiger partial charge on any atom is -0.268 e. The minimum absolute atomic E-state index is 0.148. The quantitative estimate of drug-likeness (QED) is 0.431. The van der Waals surface area contributed by atoms with Gasteiger partial charge in [0, 0.05) is 23.2 Å². The first-order valence-electron chi connectivity index (χ1n) is 9.77. The highest BCUT2D eigenvalue weighted by molar-refractivity contribution is 7.09. The Morgan fingerprint density at radius 3 is 2.60 bits per heavy atom. The molecule has 0 saturated carbocycles. The molecule has 0 N–H and O–H groups in total. The summed E-state index contributed by atoms with van der Waals surface area (Å²) in [6.45, 7) is 2.43. The summed E-state index contributed by atoms with van der Waals surface area (Å²) in [7, 11) is 0. The number of pyridine rings is 1. The van der Waals surface area contributed by atoms with E-state index in [4.69, 9.17) is 10.2 Å². The monoisotopic (exact) mass is 413 g/mol. The second kappa shape index (κ2) is 7.68. The number of aryl methyl sites for hydroxylation is 1. The smallest absolute Gasteiger partial charge is 0.267 e. The number of aromatic nitrogens is 5. The molecule has 148 valence electrons. The van der Waals surface area contributed by atoms with Crippen molar-refractivity contribution in [3.05, 3.63) is 93.3 Å². The molecule has 0 aliphatic heterocycles. The molecule has 0 spiro atoms. The molecule has 7 heteroatoms. The summed E-state index contributed by atoms with van der Waals surface area (Å²) in [5.41, 5.74) is 5.28. The van der Waals surface area contributed by atoms with E-state index < -0.39 is 0 Å². The van der Waals surface area contributed by atoms with Crippen molar-refractivity contribution in [2.75, 3.05) is 0 Å². The van der Waals surface area contributed by atoms with Gasteiger partial charge in [0.1, 0.15) is 10.7 Å². The zero-order chi connectivity index (χ0) is 20.5. The molecule has 0 saturated heterocycles. The van der Waals surface area contributed by atoms with E-state index in [0.29, 0.717) is 12.2 Å². The lowest BCUT2D eigenvalue weighted by molar-refractivity contribution is 0.639. The fraction of sp³-hybridized carbons (Fsp3) is 0.130. The summed E-state index contributed by atoms with van der Waals surface area (Å²) in [6.07, 6.45) is 2.80. The van der Waals surface area contributed by atoms with Crippen molar-refractivity contribution >= 4 is 16.9 Å². The van der Waals surface area contributed by atoms with Crippen molar-refractivity contribution in [1.29, 1.82) is 0 Å². The van der Waals surface area contributed by atoms with Crippen molar-refractivity contribution in [1.82, 2.24) is 24.4 Å². The van der Waals surface area contributed by atoms with Gasteiger partial charge in [-0.05, 0) is 24.6 Å². The van der Waals surface area contributed by atoms with E-state index in [-0.39, 0.29) is 5.56 Å². The van der Waals surface area contributed by atoms with Crippen molar-refractivity contribution in [3.63, 3.8) is 0 Å². The van der Waals surface area contributed by atoms with Crippen LogP contribution in [-0.4, -0.2) is 24.4 Å². The minimum atomic E-state index is -0.148. The zero-order valence-electron chi connectivity index (χ0n) is 16.4. The lowest BCUT2D eigenvalue weighted by Gasteiger charge is -2.07. The summed E-state index contributed by atoms with van der Waals surface area (Å²) in [5.74, 6) is 0. The van der Waals surface area contributed by atoms with Gasteiger partial charge in [-0.25, -0.2) is 14.2 Å². The zero-order valence-corrected chi connectivity index (χ0v) is 17.2. The predicted octanol–water partition coefficient (Wildman–Crippen LogP) is 4.29. The molecule has 0 aliphatic carbocycles. The number of benzene rings is 1. The molecule has 30 heavy (non-hydrogen) atoms. The summed E-state index contributed by atoms with van der Waals surface area (Å²) in [6, 6.07) is 19.3. The SMILES string of the molecule is CCc1csc(Cn2nc(-c3c(-c4ccccc4)nn4ccccc34)ccc2=O)n1. The maximum Gasteiger partial charge on any atom is 0.267 e. The standard InChI is InChI=1S/C23H19N5OS/c1-2-17-15-30-20(24-17)14-28-21(29)12-11-18(25-28)22-19-10-6-7-13-27(19)26-23(22)16-8-4-3-5-9-16/h3-13,15H,2,14H2,1H3. The second-order valence-electron chi connectivity index (χ2n) is 6.92.